The molecular weight excluding hydrogens is 288 g/mol. The number of aliphatic imine (C=N–C) groups is 1. The normalized spacial score (nSPS) is 25.4. The standard InChI is InChI=1S/C18H28N4O/c1-19-18(20-12-14-6-5-10-22(2)13-14)21-16-9-11-23-17-8-4-3-7-15(16)17/h3-4,7-8,14,16H,5-6,9-13H2,1-2H3,(H2,19,20,21). The van der Waals surface area contributed by atoms with Crippen LogP contribution in [0.1, 0.15) is 30.9 Å². The van der Waals surface area contributed by atoms with Crippen molar-refractivity contribution in [3.63, 3.8) is 0 Å². The van der Waals surface area contributed by atoms with Gasteiger partial charge in [-0.3, -0.25) is 4.99 Å². The first-order valence-electron chi connectivity index (χ1n) is 8.63. The zero-order valence-electron chi connectivity index (χ0n) is 14.2. The lowest BCUT2D eigenvalue weighted by molar-refractivity contribution is 0.210. The quantitative estimate of drug-likeness (QED) is 0.662. The van der Waals surface area contributed by atoms with Crippen LogP contribution in [0.25, 0.3) is 0 Å². The fourth-order valence-electron chi connectivity index (χ4n) is 3.53. The van der Waals surface area contributed by atoms with Crippen LogP contribution in [0.2, 0.25) is 0 Å². The molecule has 0 aliphatic carbocycles. The van der Waals surface area contributed by atoms with E-state index < -0.39 is 0 Å². The molecule has 2 heterocycles. The summed E-state index contributed by atoms with van der Waals surface area (Å²) in [6.45, 7) is 4.13. The minimum Gasteiger partial charge on any atom is -0.493 e. The number of fused-ring (bicyclic) bond motifs is 1. The molecule has 0 amide bonds. The lowest BCUT2D eigenvalue weighted by Gasteiger charge is -2.31. The highest BCUT2D eigenvalue weighted by molar-refractivity contribution is 5.80. The highest BCUT2D eigenvalue weighted by Gasteiger charge is 2.22. The molecule has 3 rings (SSSR count). The second kappa shape index (κ2) is 7.68. The Labute approximate surface area is 139 Å². The SMILES string of the molecule is CN=C(NCC1CCCN(C)C1)NC1CCOc2ccccc21. The fourth-order valence-corrected chi connectivity index (χ4v) is 3.53. The maximum atomic E-state index is 5.73. The lowest BCUT2D eigenvalue weighted by atomic mass is 9.98. The number of para-hydroxylation sites is 1. The van der Waals surface area contributed by atoms with E-state index in [-0.39, 0.29) is 6.04 Å². The molecule has 2 atom stereocenters. The van der Waals surface area contributed by atoms with Crippen LogP contribution in [0.4, 0.5) is 0 Å². The fraction of sp³-hybridized carbons (Fsp3) is 0.611. The van der Waals surface area contributed by atoms with Crippen molar-refractivity contribution in [1.29, 1.82) is 0 Å². The molecule has 2 aliphatic rings. The van der Waals surface area contributed by atoms with Crippen molar-refractivity contribution in [2.24, 2.45) is 10.9 Å². The molecule has 0 bridgehead atoms. The van der Waals surface area contributed by atoms with Crippen molar-refractivity contribution in [3.8, 4) is 5.75 Å². The van der Waals surface area contributed by atoms with E-state index in [0.29, 0.717) is 5.92 Å². The summed E-state index contributed by atoms with van der Waals surface area (Å²) in [4.78, 5) is 6.82. The molecule has 0 spiro atoms. The molecule has 0 saturated carbocycles. The van der Waals surface area contributed by atoms with Crippen LogP contribution in [-0.2, 0) is 0 Å². The van der Waals surface area contributed by atoms with Crippen molar-refractivity contribution in [3.05, 3.63) is 29.8 Å². The summed E-state index contributed by atoms with van der Waals surface area (Å²) < 4.78 is 5.73. The third kappa shape index (κ3) is 4.16. The molecule has 5 heteroatoms. The van der Waals surface area contributed by atoms with Crippen LogP contribution in [0.5, 0.6) is 5.75 Å². The Morgan fingerprint density at radius 3 is 3.04 bits per heavy atom. The van der Waals surface area contributed by atoms with Crippen molar-refractivity contribution >= 4 is 5.96 Å². The number of rotatable bonds is 3. The molecule has 5 nitrogen and oxygen atoms in total. The second-order valence-electron chi connectivity index (χ2n) is 6.60. The van der Waals surface area contributed by atoms with Gasteiger partial charge in [0, 0.05) is 32.1 Å². The van der Waals surface area contributed by atoms with Gasteiger partial charge in [0.1, 0.15) is 5.75 Å². The minimum absolute atomic E-state index is 0.264. The summed E-state index contributed by atoms with van der Waals surface area (Å²) in [6, 6.07) is 8.52. The maximum Gasteiger partial charge on any atom is 0.191 e. The van der Waals surface area contributed by atoms with Crippen molar-refractivity contribution in [2.45, 2.75) is 25.3 Å². The Morgan fingerprint density at radius 1 is 1.35 bits per heavy atom. The zero-order chi connectivity index (χ0) is 16.1. The van der Waals surface area contributed by atoms with Gasteiger partial charge in [-0.2, -0.15) is 0 Å². The van der Waals surface area contributed by atoms with Gasteiger partial charge in [-0.15, -0.1) is 0 Å². The summed E-state index contributed by atoms with van der Waals surface area (Å²) in [5, 5.41) is 7.07. The van der Waals surface area contributed by atoms with Crippen LogP contribution in [0, 0.1) is 5.92 Å². The number of guanidine groups is 1. The number of benzene rings is 1. The van der Waals surface area contributed by atoms with Gasteiger partial charge in [0.25, 0.3) is 0 Å². The van der Waals surface area contributed by atoms with Crippen molar-refractivity contribution in [2.75, 3.05) is 40.3 Å². The number of hydrogen-bond donors (Lipinski definition) is 2. The smallest absolute Gasteiger partial charge is 0.191 e. The maximum absolute atomic E-state index is 5.73. The largest absolute Gasteiger partial charge is 0.493 e. The van der Waals surface area contributed by atoms with Gasteiger partial charge in [-0.1, -0.05) is 18.2 Å². The van der Waals surface area contributed by atoms with Crippen LogP contribution in [0.3, 0.4) is 0 Å². The van der Waals surface area contributed by atoms with Crippen molar-refractivity contribution in [1.82, 2.24) is 15.5 Å². The predicted octanol–water partition coefficient (Wildman–Crippen LogP) is 2.02. The molecule has 2 unspecified atom stereocenters. The van der Waals surface area contributed by atoms with E-state index in [1.807, 2.05) is 19.2 Å². The number of hydrogen-bond acceptors (Lipinski definition) is 3. The molecule has 23 heavy (non-hydrogen) atoms. The summed E-state index contributed by atoms with van der Waals surface area (Å²) in [7, 11) is 4.05. The van der Waals surface area contributed by atoms with Gasteiger partial charge in [0.15, 0.2) is 5.96 Å². The van der Waals surface area contributed by atoms with Gasteiger partial charge < -0.3 is 20.3 Å². The summed E-state index contributed by atoms with van der Waals surface area (Å²) in [5.74, 6) is 2.58. The molecule has 2 N–H and O–H groups in total. The summed E-state index contributed by atoms with van der Waals surface area (Å²) >= 11 is 0. The molecule has 1 saturated heterocycles. The molecule has 126 valence electrons. The molecule has 2 aliphatic heterocycles. The van der Waals surface area contributed by atoms with E-state index in [4.69, 9.17) is 4.74 Å². The third-order valence-electron chi connectivity index (χ3n) is 4.77. The molecule has 0 radical (unpaired) electrons. The summed E-state index contributed by atoms with van der Waals surface area (Å²) in [6.07, 6.45) is 3.56. The number of nitrogens with one attached hydrogen (secondary N) is 2. The van der Waals surface area contributed by atoms with E-state index in [0.717, 1.165) is 31.3 Å². The Hall–Kier alpha value is -1.75. The van der Waals surface area contributed by atoms with Gasteiger partial charge in [0.05, 0.1) is 12.6 Å². The molecule has 1 fully saturated rings. The number of ether oxygens (including phenoxy) is 1. The molecule has 1 aromatic carbocycles. The van der Waals surface area contributed by atoms with Crippen molar-refractivity contribution < 1.29 is 4.74 Å². The second-order valence-corrected chi connectivity index (χ2v) is 6.60. The van der Waals surface area contributed by atoms with Gasteiger partial charge in [-0.25, -0.2) is 0 Å². The minimum atomic E-state index is 0.264. The monoisotopic (exact) mass is 316 g/mol. The van der Waals surface area contributed by atoms with Gasteiger partial charge in [-0.05, 0) is 38.4 Å². The first-order valence-corrected chi connectivity index (χ1v) is 8.63. The van der Waals surface area contributed by atoms with E-state index in [9.17, 15) is 0 Å². The highest BCUT2D eigenvalue weighted by atomic mass is 16.5. The average molecular weight is 316 g/mol. The number of piperidine rings is 1. The molecule has 0 aromatic heterocycles. The topological polar surface area (TPSA) is 48.9 Å². The van der Waals surface area contributed by atoms with E-state index in [1.54, 1.807) is 0 Å². The first-order chi connectivity index (χ1) is 11.3. The highest BCUT2D eigenvalue weighted by Crippen LogP contribution is 2.31. The Balaban J connectivity index is 1.56. The van der Waals surface area contributed by atoms with Crippen LogP contribution in [-0.4, -0.2) is 51.2 Å². The third-order valence-corrected chi connectivity index (χ3v) is 4.77. The Bertz CT molecular complexity index is 546. The van der Waals surface area contributed by atoms with E-state index >= 15 is 0 Å². The van der Waals surface area contributed by atoms with Gasteiger partial charge in [0.2, 0.25) is 0 Å². The lowest BCUT2D eigenvalue weighted by Crippen LogP contribution is -2.45. The number of nitrogens with zero attached hydrogens (tertiary/aromatic N) is 2. The summed E-state index contributed by atoms with van der Waals surface area (Å²) in [5.41, 5.74) is 1.22. The van der Waals surface area contributed by atoms with Crippen LogP contribution in [0.15, 0.2) is 29.3 Å². The zero-order valence-corrected chi connectivity index (χ0v) is 14.2. The Kier molecular flexibility index (Phi) is 5.39. The van der Waals surface area contributed by atoms with Crippen LogP contribution < -0.4 is 15.4 Å². The molecular formula is C18H28N4O. The molecule has 1 aromatic rings. The number of likely N-dealkylation sites (tertiary alicyclic amines) is 1. The van der Waals surface area contributed by atoms with E-state index in [2.05, 4.69) is 39.7 Å². The van der Waals surface area contributed by atoms with E-state index in [1.165, 1.54) is 31.5 Å². The predicted molar refractivity (Wildman–Crippen MR) is 94.0 cm³/mol. The average Bonchev–Trinajstić information content (AvgIpc) is 2.59. The first kappa shape index (κ1) is 16.1. The van der Waals surface area contributed by atoms with Crippen LogP contribution >= 0.6 is 0 Å². The van der Waals surface area contributed by atoms with Gasteiger partial charge >= 0.3 is 0 Å². The Morgan fingerprint density at radius 2 is 2.22 bits per heavy atom.